The summed E-state index contributed by atoms with van der Waals surface area (Å²) in [6, 6.07) is 10.9. The van der Waals surface area contributed by atoms with Crippen LogP contribution in [-0.2, 0) is 19.6 Å². The minimum absolute atomic E-state index is 0.111. The minimum Gasteiger partial charge on any atom is -0.465 e. The molecule has 0 fully saturated rings. The molecule has 26 heavy (non-hydrogen) atoms. The van der Waals surface area contributed by atoms with Gasteiger partial charge < -0.3 is 4.74 Å². The average Bonchev–Trinajstić information content (AvgIpc) is 2.60. The standard InChI is InChI=1S/C16H15BrN2O6S/c1-2-25-16(20)11-18(15-6-4-3-5-14(15)17)26(23,24)13-9-7-12(8-10-13)19(21)22/h3-10H,2,11H2,1H3. The molecule has 0 aromatic heterocycles. The van der Waals surface area contributed by atoms with Crippen LogP contribution in [-0.4, -0.2) is 32.5 Å². The summed E-state index contributed by atoms with van der Waals surface area (Å²) in [5, 5.41) is 10.8. The molecule has 0 bridgehead atoms. The van der Waals surface area contributed by atoms with Crippen molar-refractivity contribution >= 4 is 43.3 Å². The number of nitro groups is 1. The topological polar surface area (TPSA) is 107 Å². The van der Waals surface area contributed by atoms with Gasteiger partial charge in [-0.1, -0.05) is 12.1 Å². The normalized spacial score (nSPS) is 11.0. The van der Waals surface area contributed by atoms with Gasteiger partial charge in [-0.15, -0.1) is 0 Å². The number of hydrogen-bond donors (Lipinski definition) is 0. The number of non-ortho nitro benzene ring substituents is 1. The molecular formula is C16H15BrN2O6S. The number of nitro benzene ring substituents is 1. The first kappa shape index (κ1) is 19.9. The first-order chi connectivity index (χ1) is 12.3. The summed E-state index contributed by atoms with van der Waals surface area (Å²) in [5.74, 6) is -0.714. The summed E-state index contributed by atoms with van der Waals surface area (Å²) >= 11 is 3.27. The number of carbonyl (C=O) groups excluding carboxylic acids is 1. The van der Waals surface area contributed by atoms with E-state index in [0.717, 1.165) is 28.6 Å². The Morgan fingerprint density at radius 1 is 1.19 bits per heavy atom. The fraction of sp³-hybridized carbons (Fsp3) is 0.188. The highest BCUT2D eigenvalue weighted by Crippen LogP contribution is 2.31. The molecule has 0 unspecified atom stereocenters. The van der Waals surface area contributed by atoms with Crippen LogP contribution in [0.15, 0.2) is 57.9 Å². The van der Waals surface area contributed by atoms with Gasteiger partial charge in [-0.25, -0.2) is 8.42 Å². The number of halogens is 1. The molecule has 0 saturated heterocycles. The summed E-state index contributed by atoms with van der Waals surface area (Å²) in [7, 11) is -4.15. The predicted octanol–water partition coefficient (Wildman–Crippen LogP) is 3.12. The Morgan fingerprint density at radius 2 is 1.81 bits per heavy atom. The Hall–Kier alpha value is -2.46. The van der Waals surface area contributed by atoms with Gasteiger partial charge in [-0.05, 0) is 47.1 Å². The summed E-state index contributed by atoms with van der Waals surface area (Å²) in [6.45, 7) is 1.20. The third kappa shape index (κ3) is 4.38. The molecule has 0 radical (unpaired) electrons. The molecule has 0 heterocycles. The van der Waals surface area contributed by atoms with Crippen molar-refractivity contribution in [2.75, 3.05) is 17.5 Å². The Balaban J connectivity index is 2.50. The van der Waals surface area contributed by atoms with Gasteiger partial charge in [0.25, 0.3) is 15.7 Å². The predicted molar refractivity (Wildman–Crippen MR) is 98.4 cm³/mol. The van der Waals surface area contributed by atoms with Crippen LogP contribution in [0.5, 0.6) is 0 Å². The first-order valence-electron chi connectivity index (χ1n) is 7.44. The van der Waals surface area contributed by atoms with Gasteiger partial charge in [-0.3, -0.25) is 19.2 Å². The van der Waals surface area contributed by atoms with E-state index < -0.39 is 27.5 Å². The van der Waals surface area contributed by atoms with Gasteiger partial charge in [0.1, 0.15) is 6.54 Å². The van der Waals surface area contributed by atoms with Gasteiger partial charge in [0.15, 0.2) is 0 Å². The van der Waals surface area contributed by atoms with E-state index in [1.54, 1.807) is 25.1 Å². The SMILES string of the molecule is CCOC(=O)CN(c1ccccc1Br)S(=O)(=O)c1ccc([N+](=O)[O-])cc1. The van der Waals surface area contributed by atoms with E-state index in [-0.39, 0.29) is 22.9 Å². The zero-order valence-electron chi connectivity index (χ0n) is 13.7. The lowest BCUT2D eigenvalue weighted by atomic mass is 10.3. The van der Waals surface area contributed by atoms with Crippen LogP contribution in [0.2, 0.25) is 0 Å². The number of esters is 1. The molecule has 0 atom stereocenters. The van der Waals surface area contributed by atoms with Crippen LogP contribution < -0.4 is 4.31 Å². The number of anilines is 1. The van der Waals surface area contributed by atoms with E-state index in [0.29, 0.717) is 4.47 Å². The van der Waals surface area contributed by atoms with Crippen molar-refractivity contribution in [3.63, 3.8) is 0 Å². The van der Waals surface area contributed by atoms with Crippen LogP contribution in [0, 0.1) is 10.1 Å². The summed E-state index contributed by atoms with van der Waals surface area (Å²) in [5.41, 5.74) is 0.0145. The van der Waals surface area contributed by atoms with Crippen LogP contribution in [0.1, 0.15) is 6.92 Å². The van der Waals surface area contributed by atoms with Crippen LogP contribution >= 0.6 is 15.9 Å². The number of benzene rings is 2. The number of para-hydroxylation sites is 1. The van der Waals surface area contributed by atoms with Crippen molar-refractivity contribution in [2.24, 2.45) is 0 Å². The van der Waals surface area contributed by atoms with Gasteiger partial charge in [0.2, 0.25) is 0 Å². The lowest BCUT2D eigenvalue weighted by molar-refractivity contribution is -0.384. The van der Waals surface area contributed by atoms with Gasteiger partial charge >= 0.3 is 5.97 Å². The molecule has 2 aromatic rings. The number of hydrogen-bond acceptors (Lipinski definition) is 6. The lowest BCUT2D eigenvalue weighted by Crippen LogP contribution is -2.36. The smallest absolute Gasteiger partial charge is 0.326 e. The molecule has 2 aromatic carbocycles. The maximum absolute atomic E-state index is 13.0. The summed E-state index contributed by atoms with van der Waals surface area (Å²) < 4.78 is 32.3. The average molecular weight is 443 g/mol. The van der Waals surface area contributed by atoms with Gasteiger partial charge in [0.05, 0.1) is 22.1 Å². The number of ether oxygens (including phenoxy) is 1. The van der Waals surface area contributed by atoms with E-state index in [1.807, 2.05) is 0 Å². The number of carbonyl (C=O) groups is 1. The zero-order valence-corrected chi connectivity index (χ0v) is 16.1. The molecule has 0 aliphatic heterocycles. The Bertz CT molecular complexity index is 915. The van der Waals surface area contributed by atoms with Crippen molar-refractivity contribution in [1.29, 1.82) is 0 Å². The Morgan fingerprint density at radius 3 is 2.35 bits per heavy atom. The Labute approximate surface area is 158 Å². The molecule has 0 aliphatic rings. The maximum Gasteiger partial charge on any atom is 0.326 e. The molecule has 0 aliphatic carbocycles. The lowest BCUT2D eigenvalue weighted by Gasteiger charge is -2.24. The molecule has 2 rings (SSSR count). The zero-order chi connectivity index (χ0) is 19.3. The second kappa shape index (κ2) is 8.28. The van der Waals surface area contributed by atoms with E-state index >= 15 is 0 Å². The van der Waals surface area contributed by atoms with Crippen LogP contribution in [0.4, 0.5) is 11.4 Å². The van der Waals surface area contributed by atoms with Crippen molar-refractivity contribution < 1.29 is 22.9 Å². The van der Waals surface area contributed by atoms with Crippen molar-refractivity contribution in [3.8, 4) is 0 Å². The quantitative estimate of drug-likeness (QED) is 0.370. The molecule has 8 nitrogen and oxygen atoms in total. The third-order valence-electron chi connectivity index (χ3n) is 3.33. The minimum atomic E-state index is -4.15. The largest absolute Gasteiger partial charge is 0.465 e. The summed E-state index contributed by atoms with van der Waals surface area (Å²) in [4.78, 5) is 21.9. The summed E-state index contributed by atoms with van der Waals surface area (Å²) in [6.07, 6.45) is 0. The third-order valence-corrected chi connectivity index (χ3v) is 5.78. The highest BCUT2D eigenvalue weighted by molar-refractivity contribution is 9.10. The fourth-order valence-electron chi connectivity index (χ4n) is 2.14. The monoisotopic (exact) mass is 442 g/mol. The second-order valence-electron chi connectivity index (χ2n) is 5.02. The number of nitrogens with zero attached hydrogens (tertiary/aromatic N) is 2. The fourth-order valence-corrected chi connectivity index (χ4v) is 4.19. The van der Waals surface area contributed by atoms with E-state index in [1.165, 1.54) is 6.07 Å². The highest BCUT2D eigenvalue weighted by Gasteiger charge is 2.29. The van der Waals surface area contributed by atoms with Crippen LogP contribution in [0.25, 0.3) is 0 Å². The molecule has 0 saturated carbocycles. The molecular weight excluding hydrogens is 428 g/mol. The molecule has 0 N–H and O–H groups in total. The van der Waals surface area contributed by atoms with E-state index in [9.17, 15) is 23.3 Å². The van der Waals surface area contributed by atoms with Crippen molar-refractivity contribution in [2.45, 2.75) is 11.8 Å². The number of rotatable bonds is 7. The van der Waals surface area contributed by atoms with Crippen LogP contribution in [0.3, 0.4) is 0 Å². The maximum atomic E-state index is 13.0. The van der Waals surface area contributed by atoms with Crippen molar-refractivity contribution in [1.82, 2.24) is 0 Å². The van der Waals surface area contributed by atoms with E-state index in [2.05, 4.69) is 15.9 Å². The second-order valence-corrected chi connectivity index (χ2v) is 7.74. The number of sulfonamides is 1. The highest BCUT2D eigenvalue weighted by atomic mass is 79.9. The molecule has 10 heteroatoms. The van der Waals surface area contributed by atoms with Gasteiger partial charge in [0, 0.05) is 16.6 Å². The Kier molecular flexibility index (Phi) is 6.32. The molecule has 0 spiro atoms. The van der Waals surface area contributed by atoms with Crippen molar-refractivity contribution in [3.05, 3.63) is 63.1 Å². The molecule has 138 valence electrons. The van der Waals surface area contributed by atoms with E-state index in [4.69, 9.17) is 4.74 Å². The molecule has 0 amide bonds. The van der Waals surface area contributed by atoms with Gasteiger partial charge in [-0.2, -0.15) is 0 Å². The first-order valence-corrected chi connectivity index (χ1v) is 9.68.